The zero-order valence-electron chi connectivity index (χ0n) is 8.30. The van der Waals surface area contributed by atoms with Crippen LogP contribution in [0.1, 0.15) is 6.42 Å². The Bertz CT molecular complexity index is 304. The summed E-state index contributed by atoms with van der Waals surface area (Å²) in [6.07, 6.45) is 0.295. The van der Waals surface area contributed by atoms with Crippen molar-refractivity contribution in [2.75, 3.05) is 13.6 Å². The van der Waals surface area contributed by atoms with Gasteiger partial charge in [0.15, 0.2) is 0 Å². The first-order valence-electron chi connectivity index (χ1n) is 4.44. The van der Waals surface area contributed by atoms with Crippen LogP contribution < -0.4 is 5.32 Å². The SMILES string of the molecule is C=CC(=O)N1CC(F)(F)CC1C(=O)NC. The van der Waals surface area contributed by atoms with E-state index in [2.05, 4.69) is 11.9 Å². The molecule has 0 saturated carbocycles. The van der Waals surface area contributed by atoms with Crippen LogP contribution in [0.2, 0.25) is 0 Å². The van der Waals surface area contributed by atoms with E-state index >= 15 is 0 Å². The zero-order valence-corrected chi connectivity index (χ0v) is 8.30. The predicted octanol–water partition coefficient (Wildman–Crippen LogP) is 0.155. The number of rotatable bonds is 2. The van der Waals surface area contributed by atoms with Crippen molar-refractivity contribution in [1.82, 2.24) is 10.2 Å². The maximum Gasteiger partial charge on any atom is 0.267 e. The predicted molar refractivity (Wildman–Crippen MR) is 49.3 cm³/mol. The standard InChI is InChI=1S/C9H12F2N2O2/c1-3-7(14)13-5-9(10,11)4-6(13)8(15)12-2/h3,6H,1,4-5H2,2H3,(H,12,15). The molecule has 1 aliphatic rings. The second-order valence-corrected chi connectivity index (χ2v) is 3.36. The minimum atomic E-state index is -3.00. The zero-order chi connectivity index (χ0) is 11.6. The van der Waals surface area contributed by atoms with Gasteiger partial charge in [-0.1, -0.05) is 6.58 Å². The van der Waals surface area contributed by atoms with E-state index in [1.165, 1.54) is 7.05 Å². The van der Waals surface area contributed by atoms with Crippen LogP contribution in [0.3, 0.4) is 0 Å². The third kappa shape index (κ3) is 2.31. The second kappa shape index (κ2) is 3.96. The van der Waals surface area contributed by atoms with Gasteiger partial charge in [-0.15, -0.1) is 0 Å². The molecule has 0 aliphatic carbocycles. The molecule has 1 saturated heterocycles. The van der Waals surface area contributed by atoms with Crippen molar-refractivity contribution < 1.29 is 18.4 Å². The lowest BCUT2D eigenvalue weighted by Gasteiger charge is -2.20. The van der Waals surface area contributed by atoms with Crippen molar-refractivity contribution in [2.45, 2.75) is 18.4 Å². The molecular formula is C9H12F2N2O2. The van der Waals surface area contributed by atoms with Gasteiger partial charge < -0.3 is 10.2 Å². The first kappa shape index (κ1) is 11.6. The number of likely N-dealkylation sites (tertiary alicyclic amines) is 1. The average molecular weight is 218 g/mol. The van der Waals surface area contributed by atoms with E-state index in [0.29, 0.717) is 0 Å². The monoisotopic (exact) mass is 218 g/mol. The van der Waals surface area contributed by atoms with Crippen LogP contribution in [-0.2, 0) is 9.59 Å². The summed E-state index contributed by atoms with van der Waals surface area (Å²) in [6.45, 7) is 2.48. The van der Waals surface area contributed by atoms with Gasteiger partial charge in [0.1, 0.15) is 6.04 Å². The number of likely N-dealkylation sites (N-methyl/N-ethyl adjacent to an activating group) is 1. The van der Waals surface area contributed by atoms with Crippen molar-refractivity contribution in [3.63, 3.8) is 0 Å². The number of amides is 2. The largest absolute Gasteiger partial charge is 0.357 e. The molecule has 2 amide bonds. The van der Waals surface area contributed by atoms with E-state index in [4.69, 9.17) is 0 Å². The minimum Gasteiger partial charge on any atom is -0.357 e. The minimum absolute atomic E-state index is 0.581. The molecule has 15 heavy (non-hydrogen) atoms. The Morgan fingerprint density at radius 1 is 1.60 bits per heavy atom. The Morgan fingerprint density at radius 3 is 2.67 bits per heavy atom. The molecule has 1 unspecified atom stereocenters. The third-order valence-electron chi connectivity index (χ3n) is 2.28. The lowest BCUT2D eigenvalue weighted by molar-refractivity contribution is -0.135. The summed E-state index contributed by atoms with van der Waals surface area (Å²) in [5.74, 6) is -4.24. The van der Waals surface area contributed by atoms with E-state index in [0.717, 1.165) is 11.0 Å². The summed E-state index contributed by atoms with van der Waals surface area (Å²) in [7, 11) is 1.34. The Kier molecular flexibility index (Phi) is 3.06. The highest BCUT2D eigenvalue weighted by Crippen LogP contribution is 2.32. The van der Waals surface area contributed by atoms with Crippen molar-refractivity contribution in [3.05, 3.63) is 12.7 Å². The van der Waals surface area contributed by atoms with Crippen LogP contribution in [0.25, 0.3) is 0 Å². The van der Waals surface area contributed by atoms with Gasteiger partial charge in [-0.2, -0.15) is 0 Å². The van der Waals surface area contributed by atoms with Gasteiger partial charge in [-0.3, -0.25) is 9.59 Å². The van der Waals surface area contributed by atoms with Crippen molar-refractivity contribution in [3.8, 4) is 0 Å². The molecule has 0 spiro atoms. The number of halogens is 2. The number of hydrogen-bond donors (Lipinski definition) is 1. The lowest BCUT2D eigenvalue weighted by Crippen LogP contribution is -2.44. The fraction of sp³-hybridized carbons (Fsp3) is 0.556. The third-order valence-corrected chi connectivity index (χ3v) is 2.28. The molecule has 1 atom stereocenters. The van der Waals surface area contributed by atoms with Crippen LogP contribution in [0.4, 0.5) is 8.78 Å². The molecule has 4 nitrogen and oxygen atoms in total. The highest BCUT2D eigenvalue weighted by Gasteiger charge is 2.49. The first-order chi connectivity index (χ1) is 6.91. The van der Waals surface area contributed by atoms with E-state index in [9.17, 15) is 18.4 Å². The van der Waals surface area contributed by atoms with E-state index < -0.39 is 36.7 Å². The van der Waals surface area contributed by atoms with Gasteiger partial charge in [0.2, 0.25) is 11.8 Å². The Balaban J connectivity index is 2.88. The molecule has 0 bridgehead atoms. The van der Waals surface area contributed by atoms with Crippen molar-refractivity contribution in [1.29, 1.82) is 0 Å². The second-order valence-electron chi connectivity index (χ2n) is 3.36. The van der Waals surface area contributed by atoms with Gasteiger partial charge in [0.05, 0.1) is 6.54 Å². The van der Waals surface area contributed by atoms with Gasteiger partial charge in [-0.25, -0.2) is 8.78 Å². The fourth-order valence-corrected chi connectivity index (χ4v) is 1.57. The number of alkyl halides is 2. The van der Waals surface area contributed by atoms with Crippen LogP contribution in [0.5, 0.6) is 0 Å². The summed E-state index contributed by atoms with van der Waals surface area (Å²) in [5, 5.41) is 2.25. The van der Waals surface area contributed by atoms with Gasteiger partial charge in [0.25, 0.3) is 5.92 Å². The molecule has 1 fully saturated rings. The smallest absolute Gasteiger partial charge is 0.267 e. The maximum absolute atomic E-state index is 13.0. The maximum atomic E-state index is 13.0. The van der Waals surface area contributed by atoms with Crippen molar-refractivity contribution >= 4 is 11.8 Å². The molecule has 0 aromatic rings. The topological polar surface area (TPSA) is 49.4 Å². The molecule has 84 valence electrons. The molecule has 6 heteroatoms. The molecule has 1 rings (SSSR count). The van der Waals surface area contributed by atoms with Crippen LogP contribution in [-0.4, -0.2) is 42.3 Å². The first-order valence-corrected chi connectivity index (χ1v) is 4.44. The summed E-state index contributed by atoms with van der Waals surface area (Å²) < 4.78 is 26.1. The highest BCUT2D eigenvalue weighted by molar-refractivity contribution is 5.93. The lowest BCUT2D eigenvalue weighted by atomic mass is 10.2. The molecule has 0 aromatic heterocycles. The van der Waals surface area contributed by atoms with Crippen LogP contribution >= 0.6 is 0 Å². The van der Waals surface area contributed by atoms with Crippen molar-refractivity contribution in [2.24, 2.45) is 0 Å². The summed E-state index contributed by atoms with van der Waals surface area (Å²) in [4.78, 5) is 23.3. The molecule has 1 aliphatic heterocycles. The Morgan fingerprint density at radius 2 is 2.20 bits per heavy atom. The Labute approximate surface area is 85.9 Å². The average Bonchev–Trinajstić information content (AvgIpc) is 2.52. The summed E-state index contributed by atoms with van der Waals surface area (Å²) >= 11 is 0. The Hall–Kier alpha value is -1.46. The summed E-state index contributed by atoms with van der Waals surface area (Å²) in [6, 6.07) is -1.10. The number of hydrogen-bond acceptors (Lipinski definition) is 2. The van der Waals surface area contributed by atoms with Gasteiger partial charge in [-0.05, 0) is 6.08 Å². The molecule has 1 N–H and O–H groups in total. The fourth-order valence-electron chi connectivity index (χ4n) is 1.57. The molecule has 1 heterocycles. The molecule has 0 aromatic carbocycles. The number of nitrogens with zero attached hydrogens (tertiary/aromatic N) is 1. The van der Waals surface area contributed by atoms with Gasteiger partial charge in [0, 0.05) is 13.5 Å². The van der Waals surface area contributed by atoms with Crippen LogP contribution in [0.15, 0.2) is 12.7 Å². The van der Waals surface area contributed by atoms with E-state index in [1.54, 1.807) is 0 Å². The normalized spacial score (nSPS) is 23.7. The van der Waals surface area contributed by atoms with E-state index in [1.807, 2.05) is 0 Å². The quantitative estimate of drug-likeness (QED) is 0.671. The van der Waals surface area contributed by atoms with E-state index in [-0.39, 0.29) is 0 Å². The van der Waals surface area contributed by atoms with Crippen LogP contribution in [0, 0.1) is 0 Å². The van der Waals surface area contributed by atoms with Gasteiger partial charge >= 0.3 is 0 Å². The molecular weight excluding hydrogens is 206 g/mol. The molecule has 0 radical (unpaired) electrons. The number of carbonyl (C=O) groups excluding carboxylic acids is 2. The highest BCUT2D eigenvalue weighted by atomic mass is 19.3. The summed E-state index contributed by atoms with van der Waals surface area (Å²) in [5.41, 5.74) is 0. The number of carbonyl (C=O) groups is 2. The number of nitrogens with one attached hydrogen (secondary N) is 1.